The van der Waals surface area contributed by atoms with Gasteiger partial charge in [-0.15, -0.1) is 10.2 Å². The van der Waals surface area contributed by atoms with Gasteiger partial charge in [0.2, 0.25) is 5.95 Å². The van der Waals surface area contributed by atoms with Crippen LogP contribution in [0.1, 0.15) is 42.6 Å². The van der Waals surface area contributed by atoms with Crippen molar-refractivity contribution >= 4 is 17.5 Å². The van der Waals surface area contributed by atoms with Crippen molar-refractivity contribution in [2.45, 2.75) is 40.2 Å². The van der Waals surface area contributed by atoms with E-state index in [-0.39, 0.29) is 11.6 Å². The highest BCUT2D eigenvalue weighted by molar-refractivity contribution is 6.05. The quantitative estimate of drug-likeness (QED) is 0.850. The van der Waals surface area contributed by atoms with Gasteiger partial charge in [-0.05, 0) is 19.8 Å². The number of hydrogen-bond donors (Lipinski definition) is 2. The largest absolute Gasteiger partial charge is 0.396 e. The Kier molecular flexibility index (Phi) is 4.46. The van der Waals surface area contributed by atoms with Crippen molar-refractivity contribution in [3.05, 3.63) is 23.3 Å². The number of nitrogens with one attached hydrogen (secondary N) is 1. The topological polar surface area (TPSA) is 112 Å². The van der Waals surface area contributed by atoms with Crippen molar-refractivity contribution in [3.8, 4) is 0 Å². The lowest BCUT2D eigenvalue weighted by atomic mass is 10.2. The Morgan fingerprint density at radius 2 is 1.95 bits per heavy atom. The second-order valence-corrected chi connectivity index (χ2v) is 4.48. The first kappa shape index (κ1) is 14.9. The van der Waals surface area contributed by atoms with Crippen molar-refractivity contribution in [2.75, 3.05) is 11.1 Å². The maximum Gasteiger partial charge on any atom is 0.280 e. The van der Waals surface area contributed by atoms with Crippen LogP contribution in [0, 0.1) is 0 Å². The van der Waals surface area contributed by atoms with Crippen molar-refractivity contribution in [2.24, 2.45) is 0 Å². The molecule has 0 aromatic carbocycles. The average molecular weight is 289 g/mol. The van der Waals surface area contributed by atoms with E-state index in [0.29, 0.717) is 12.2 Å². The van der Waals surface area contributed by atoms with Gasteiger partial charge in [0.15, 0.2) is 5.69 Å². The SMILES string of the molecule is CCc1nnc(NC(=O)c2nn(CC)cc2N)nc1CC. The van der Waals surface area contributed by atoms with Gasteiger partial charge in [0.05, 0.1) is 17.1 Å². The second kappa shape index (κ2) is 6.29. The first-order chi connectivity index (χ1) is 10.1. The van der Waals surface area contributed by atoms with Crippen molar-refractivity contribution in [1.82, 2.24) is 25.0 Å². The number of nitrogens with two attached hydrogens (primary N) is 1. The molecule has 112 valence electrons. The van der Waals surface area contributed by atoms with Gasteiger partial charge >= 0.3 is 0 Å². The Bertz CT molecular complexity index is 650. The molecule has 0 atom stereocenters. The summed E-state index contributed by atoms with van der Waals surface area (Å²) in [6.45, 7) is 6.52. The summed E-state index contributed by atoms with van der Waals surface area (Å²) in [5.74, 6) is -0.271. The standard InChI is InChI=1S/C13H19N7O/c1-4-9-10(5-2)17-18-13(15-9)16-12(21)11-8(14)7-20(6-3)19-11/h7H,4-6,14H2,1-3H3,(H,15,16,18,21). The number of aromatic nitrogens is 5. The third-order valence-corrected chi connectivity index (χ3v) is 3.06. The Hall–Kier alpha value is -2.51. The van der Waals surface area contributed by atoms with Crippen LogP contribution in [0.4, 0.5) is 11.6 Å². The second-order valence-electron chi connectivity index (χ2n) is 4.48. The van der Waals surface area contributed by atoms with Crippen LogP contribution < -0.4 is 11.1 Å². The van der Waals surface area contributed by atoms with E-state index >= 15 is 0 Å². The zero-order chi connectivity index (χ0) is 15.4. The zero-order valence-corrected chi connectivity index (χ0v) is 12.4. The molecule has 1 amide bonds. The van der Waals surface area contributed by atoms with E-state index in [4.69, 9.17) is 5.73 Å². The highest BCUT2D eigenvalue weighted by atomic mass is 16.2. The van der Waals surface area contributed by atoms with E-state index in [2.05, 4.69) is 25.6 Å². The van der Waals surface area contributed by atoms with E-state index in [1.165, 1.54) is 0 Å². The normalized spacial score (nSPS) is 10.6. The van der Waals surface area contributed by atoms with Crippen LogP contribution in [0.25, 0.3) is 0 Å². The molecule has 0 bridgehead atoms. The Balaban J connectivity index is 2.21. The number of carbonyl (C=O) groups is 1. The summed E-state index contributed by atoms with van der Waals surface area (Å²) in [7, 11) is 0. The van der Waals surface area contributed by atoms with E-state index < -0.39 is 5.91 Å². The minimum absolute atomic E-state index is 0.165. The highest BCUT2D eigenvalue weighted by Gasteiger charge is 2.16. The van der Waals surface area contributed by atoms with Gasteiger partial charge in [0.25, 0.3) is 5.91 Å². The third-order valence-electron chi connectivity index (χ3n) is 3.06. The van der Waals surface area contributed by atoms with Crippen LogP contribution in [0.15, 0.2) is 6.20 Å². The minimum Gasteiger partial charge on any atom is -0.396 e. The molecule has 0 spiro atoms. The molecular formula is C13H19N7O. The number of aryl methyl sites for hydroxylation is 3. The summed E-state index contributed by atoms with van der Waals surface area (Å²) in [6, 6.07) is 0. The van der Waals surface area contributed by atoms with E-state index in [9.17, 15) is 4.79 Å². The lowest BCUT2D eigenvalue weighted by Crippen LogP contribution is -2.18. The first-order valence-corrected chi connectivity index (χ1v) is 6.95. The maximum absolute atomic E-state index is 12.1. The van der Waals surface area contributed by atoms with Gasteiger partial charge in [0, 0.05) is 12.7 Å². The molecule has 2 heterocycles. The van der Waals surface area contributed by atoms with Gasteiger partial charge in [0.1, 0.15) is 0 Å². The first-order valence-electron chi connectivity index (χ1n) is 6.95. The van der Waals surface area contributed by atoms with Gasteiger partial charge < -0.3 is 5.73 Å². The Morgan fingerprint density at radius 3 is 2.52 bits per heavy atom. The van der Waals surface area contributed by atoms with E-state index in [0.717, 1.165) is 24.2 Å². The molecule has 2 aromatic heterocycles. The zero-order valence-electron chi connectivity index (χ0n) is 12.4. The Morgan fingerprint density at radius 1 is 1.24 bits per heavy atom. The molecule has 2 aromatic rings. The predicted molar refractivity (Wildman–Crippen MR) is 78.8 cm³/mol. The molecule has 0 unspecified atom stereocenters. The summed E-state index contributed by atoms with van der Waals surface area (Å²) >= 11 is 0. The van der Waals surface area contributed by atoms with Gasteiger partial charge in [-0.2, -0.15) is 5.10 Å². The molecular weight excluding hydrogens is 270 g/mol. The number of rotatable bonds is 5. The molecule has 21 heavy (non-hydrogen) atoms. The highest BCUT2D eigenvalue weighted by Crippen LogP contribution is 2.12. The molecule has 8 heteroatoms. The molecule has 8 nitrogen and oxygen atoms in total. The molecule has 0 radical (unpaired) electrons. The summed E-state index contributed by atoms with van der Waals surface area (Å²) in [6.07, 6.45) is 3.10. The van der Waals surface area contributed by atoms with Crippen LogP contribution in [-0.2, 0) is 19.4 Å². The fraction of sp³-hybridized carbons (Fsp3) is 0.462. The third kappa shape index (κ3) is 3.15. The molecule has 3 N–H and O–H groups in total. The van der Waals surface area contributed by atoms with Crippen molar-refractivity contribution < 1.29 is 4.79 Å². The van der Waals surface area contributed by atoms with Crippen LogP contribution in [-0.4, -0.2) is 30.9 Å². The van der Waals surface area contributed by atoms with Gasteiger partial charge in [-0.1, -0.05) is 13.8 Å². The monoisotopic (exact) mass is 289 g/mol. The van der Waals surface area contributed by atoms with E-state index in [1.54, 1.807) is 10.9 Å². The summed E-state index contributed by atoms with van der Waals surface area (Å²) in [4.78, 5) is 16.4. The smallest absolute Gasteiger partial charge is 0.280 e. The van der Waals surface area contributed by atoms with Crippen LogP contribution in [0.3, 0.4) is 0 Å². The lowest BCUT2D eigenvalue weighted by molar-refractivity contribution is 0.102. The molecule has 2 rings (SSSR count). The number of anilines is 2. The van der Waals surface area contributed by atoms with Gasteiger partial charge in [-0.3, -0.25) is 14.8 Å². The number of nitrogen functional groups attached to an aromatic ring is 1. The number of nitrogens with zero attached hydrogens (tertiary/aromatic N) is 5. The van der Waals surface area contributed by atoms with Crippen LogP contribution in [0.2, 0.25) is 0 Å². The molecule has 0 aliphatic heterocycles. The molecule has 0 aliphatic carbocycles. The number of carbonyl (C=O) groups excluding carboxylic acids is 1. The van der Waals surface area contributed by atoms with Crippen molar-refractivity contribution in [1.29, 1.82) is 0 Å². The molecule has 0 fully saturated rings. The van der Waals surface area contributed by atoms with Crippen LogP contribution >= 0.6 is 0 Å². The van der Waals surface area contributed by atoms with E-state index in [1.807, 2.05) is 20.8 Å². The minimum atomic E-state index is -0.437. The fourth-order valence-corrected chi connectivity index (χ4v) is 1.93. The predicted octanol–water partition coefficient (Wildman–Crippen LogP) is 1.05. The number of hydrogen-bond acceptors (Lipinski definition) is 6. The summed E-state index contributed by atoms with van der Waals surface area (Å²) in [5.41, 5.74) is 7.93. The lowest BCUT2D eigenvalue weighted by Gasteiger charge is -2.06. The number of amides is 1. The van der Waals surface area contributed by atoms with Crippen LogP contribution in [0.5, 0.6) is 0 Å². The molecule has 0 aliphatic rings. The maximum atomic E-state index is 12.1. The van der Waals surface area contributed by atoms with Gasteiger partial charge in [-0.25, -0.2) is 4.98 Å². The average Bonchev–Trinajstić information content (AvgIpc) is 2.88. The molecule has 0 saturated carbocycles. The Labute approximate surface area is 122 Å². The molecule has 0 saturated heterocycles. The van der Waals surface area contributed by atoms with Crippen molar-refractivity contribution in [3.63, 3.8) is 0 Å². The summed E-state index contributed by atoms with van der Waals surface area (Å²) < 4.78 is 1.60. The fourth-order valence-electron chi connectivity index (χ4n) is 1.93. The summed E-state index contributed by atoms with van der Waals surface area (Å²) in [5, 5.41) is 14.7.